The molecule has 2 aliphatic rings. The predicted octanol–water partition coefficient (Wildman–Crippen LogP) is 1.27. The quantitative estimate of drug-likeness (QED) is 0.774. The van der Waals surface area contributed by atoms with E-state index in [-0.39, 0.29) is 17.9 Å². The van der Waals surface area contributed by atoms with Gasteiger partial charge in [-0.25, -0.2) is 4.79 Å². The molecule has 5 nitrogen and oxygen atoms in total. The summed E-state index contributed by atoms with van der Waals surface area (Å²) in [4.78, 5) is 11.1. The Morgan fingerprint density at radius 3 is 2.81 bits per heavy atom. The fourth-order valence-electron chi connectivity index (χ4n) is 2.56. The first-order valence-electron chi connectivity index (χ1n) is 5.78. The molecule has 16 heavy (non-hydrogen) atoms. The predicted molar refractivity (Wildman–Crippen MR) is 57.0 cm³/mol. The maximum absolute atomic E-state index is 11.1. The second-order valence-electron chi connectivity index (χ2n) is 4.54. The summed E-state index contributed by atoms with van der Waals surface area (Å²) in [5.41, 5.74) is 0. The van der Waals surface area contributed by atoms with Crippen molar-refractivity contribution in [2.75, 3.05) is 20.3 Å². The van der Waals surface area contributed by atoms with Crippen LogP contribution in [0.25, 0.3) is 0 Å². The van der Waals surface area contributed by atoms with Crippen LogP contribution in [-0.2, 0) is 14.2 Å². The minimum absolute atomic E-state index is 0.0969. The lowest BCUT2D eigenvalue weighted by molar-refractivity contribution is -0.153. The topological polar surface area (TPSA) is 56.8 Å². The van der Waals surface area contributed by atoms with Gasteiger partial charge in [0.1, 0.15) is 0 Å². The van der Waals surface area contributed by atoms with E-state index in [2.05, 4.69) is 10.1 Å². The monoisotopic (exact) mass is 229 g/mol. The molecule has 2 atom stereocenters. The number of amides is 1. The van der Waals surface area contributed by atoms with Crippen molar-refractivity contribution in [2.45, 2.75) is 38.0 Å². The van der Waals surface area contributed by atoms with Gasteiger partial charge in [0.05, 0.1) is 20.3 Å². The second kappa shape index (κ2) is 4.59. The van der Waals surface area contributed by atoms with Crippen molar-refractivity contribution in [3.05, 3.63) is 0 Å². The van der Waals surface area contributed by atoms with Crippen molar-refractivity contribution in [1.82, 2.24) is 5.32 Å². The molecule has 1 spiro atoms. The van der Waals surface area contributed by atoms with Gasteiger partial charge in [0, 0.05) is 18.9 Å². The Balaban J connectivity index is 1.85. The average Bonchev–Trinajstić information content (AvgIpc) is 2.89. The van der Waals surface area contributed by atoms with Crippen LogP contribution in [0.3, 0.4) is 0 Å². The molecule has 1 aliphatic heterocycles. The van der Waals surface area contributed by atoms with E-state index < -0.39 is 0 Å². The molecule has 2 fully saturated rings. The van der Waals surface area contributed by atoms with E-state index in [0.717, 1.165) is 19.3 Å². The first kappa shape index (κ1) is 11.7. The van der Waals surface area contributed by atoms with Gasteiger partial charge in [0.25, 0.3) is 0 Å². The fourth-order valence-corrected chi connectivity index (χ4v) is 2.56. The molecule has 2 rings (SSSR count). The molecule has 1 aliphatic carbocycles. The Bertz CT molecular complexity index is 263. The number of nitrogens with one attached hydrogen (secondary N) is 1. The first-order valence-corrected chi connectivity index (χ1v) is 5.78. The zero-order valence-electron chi connectivity index (χ0n) is 9.82. The number of rotatable bonds is 2. The van der Waals surface area contributed by atoms with Gasteiger partial charge in [0.15, 0.2) is 5.79 Å². The third-order valence-electron chi connectivity index (χ3n) is 3.52. The largest absolute Gasteiger partial charge is 0.453 e. The van der Waals surface area contributed by atoms with Crippen LogP contribution in [0.15, 0.2) is 0 Å². The molecular weight excluding hydrogens is 210 g/mol. The number of alkyl carbamates (subject to hydrolysis) is 1. The highest BCUT2D eigenvalue weighted by molar-refractivity contribution is 5.67. The summed E-state index contributed by atoms with van der Waals surface area (Å²) in [6.45, 7) is 3.37. The number of carbonyl (C=O) groups is 1. The summed E-state index contributed by atoms with van der Waals surface area (Å²) in [7, 11) is 1.38. The molecule has 92 valence electrons. The average molecular weight is 229 g/mol. The fraction of sp³-hybridized carbons (Fsp3) is 0.909. The third-order valence-corrected chi connectivity index (χ3v) is 3.52. The van der Waals surface area contributed by atoms with Crippen molar-refractivity contribution in [1.29, 1.82) is 0 Å². The van der Waals surface area contributed by atoms with Crippen LogP contribution >= 0.6 is 0 Å². The molecule has 0 aromatic heterocycles. The number of hydrogen-bond acceptors (Lipinski definition) is 4. The van der Waals surface area contributed by atoms with E-state index in [9.17, 15) is 4.79 Å². The van der Waals surface area contributed by atoms with Gasteiger partial charge < -0.3 is 19.5 Å². The lowest BCUT2D eigenvalue weighted by Crippen LogP contribution is -2.38. The van der Waals surface area contributed by atoms with E-state index >= 15 is 0 Å². The Kier molecular flexibility index (Phi) is 3.35. The van der Waals surface area contributed by atoms with E-state index in [1.807, 2.05) is 6.92 Å². The summed E-state index contributed by atoms with van der Waals surface area (Å²) in [5.74, 6) is 0.0358. The maximum Gasteiger partial charge on any atom is 0.407 e. The first-order chi connectivity index (χ1) is 7.65. The van der Waals surface area contributed by atoms with Crippen LogP contribution in [0.5, 0.6) is 0 Å². The second-order valence-corrected chi connectivity index (χ2v) is 4.54. The molecule has 1 saturated heterocycles. The molecule has 0 aromatic carbocycles. The molecular formula is C11H19NO4. The highest BCUT2D eigenvalue weighted by Gasteiger charge is 2.45. The van der Waals surface area contributed by atoms with Crippen molar-refractivity contribution in [3.8, 4) is 0 Å². The lowest BCUT2D eigenvalue weighted by Gasteiger charge is -2.24. The number of hydrogen-bond donors (Lipinski definition) is 1. The number of methoxy groups -OCH3 is 1. The van der Waals surface area contributed by atoms with Crippen molar-refractivity contribution in [3.63, 3.8) is 0 Å². The highest BCUT2D eigenvalue weighted by atomic mass is 16.7. The van der Waals surface area contributed by atoms with Crippen LogP contribution in [0, 0.1) is 5.92 Å². The van der Waals surface area contributed by atoms with Crippen molar-refractivity contribution >= 4 is 6.09 Å². The number of ether oxygens (including phenoxy) is 3. The minimum Gasteiger partial charge on any atom is -0.453 e. The molecule has 0 unspecified atom stereocenters. The van der Waals surface area contributed by atoms with E-state index in [0.29, 0.717) is 19.1 Å². The van der Waals surface area contributed by atoms with Gasteiger partial charge in [-0.2, -0.15) is 0 Å². The standard InChI is InChI=1S/C11H19NO4/c1-8(12-10(13)14-2)9-3-4-11(7-9)15-5-6-16-11/h8-9H,3-7H2,1-2H3,(H,12,13)/t8-,9-/m1/s1. The summed E-state index contributed by atoms with van der Waals surface area (Å²) in [5, 5.41) is 2.81. The Morgan fingerprint density at radius 2 is 2.19 bits per heavy atom. The van der Waals surface area contributed by atoms with Crippen LogP contribution in [0.4, 0.5) is 4.79 Å². The SMILES string of the molecule is COC(=O)N[C@H](C)[C@@H]1CCC2(C1)OCCO2. The van der Waals surface area contributed by atoms with Crippen molar-refractivity contribution in [2.24, 2.45) is 5.92 Å². The normalized spacial score (nSPS) is 29.2. The molecule has 0 bridgehead atoms. The van der Waals surface area contributed by atoms with Crippen LogP contribution < -0.4 is 5.32 Å². The Morgan fingerprint density at radius 1 is 1.50 bits per heavy atom. The smallest absolute Gasteiger partial charge is 0.407 e. The Hall–Kier alpha value is -0.810. The Labute approximate surface area is 95.4 Å². The molecule has 5 heteroatoms. The van der Waals surface area contributed by atoms with E-state index in [1.54, 1.807) is 0 Å². The van der Waals surface area contributed by atoms with Gasteiger partial charge in [-0.1, -0.05) is 0 Å². The molecule has 0 aromatic rings. The highest BCUT2D eigenvalue weighted by Crippen LogP contribution is 2.42. The van der Waals surface area contributed by atoms with Gasteiger partial charge in [-0.3, -0.25) is 0 Å². The molecule has 1 saturated carbocycles. The maximum atomic E-state index is 11.1. The molecule has 0 radical (unpaired) electrons. The van der Waals surface area contributed by atoms with Crippen LogP contribution in [0.2, 0.25) is 0 Å². The van der Waals surface area contributed by atoms with Crippen molar-refractivity contribution < 1.29 is 19.0 Å². The van der Waals surface area contributed by atoms with E-state index in [1.165, 1.54) is 7.11 Å². The molecule has 1 N–H and O–H groups in total. The summed E-state index contributed by atoms with van der Waals surface area (Å²) in [6, 6.07) is 0.0969. The van der Waals surface area contributed by atoms with Crippen LogP contribution in [-0.4, -0.2) is 38.2 Å². The summed E-state index contributed by atoms with van der Waals surface area (Å²) in [6.07, 6.45) is 2.43. The van der Waals surface area contributed by atoms with Gasteiger partial charge in [0.2, 0.25) is 0 Å². The number of carbonyl (C=O) groups excluding carboxylic acids is 1. The molecule has 1 amide bonds. The lowest BCUT2D eigenvalue weighted by atomic mass is 9.99. The van der Waals surface area contributed by atoms with Crippen LogP contribution in [0.1, 0.15) is 26.2 Å². The van der Waals surface area contributed by atoms with Gasteiger partial charge in [-0.15, -0.1) is 0 Å². The summed E-state index contributed by atoms with van der Waals surface area (Å²) < 4.78 is 15.9. The van der Waals surface area contributed by atoms with Gasteiger partial charge >= 0.3 is 6.09 Å². The zero-order valence-corrected chi connectivity index (χ0v) is 9.82. The van der Waals surface area contributed by atoms with Gasteiger partial charge in [-0.05, 0) is 19.3 Å². The zero-order chi connectivity index (χ0) is 11.6. The van der Waals surface area contributed by atoms with E-state index in [4.69, 9.17) is 9.47 Å². The third kappa shape index (κ3) is 2.30. The minimum atomic E-state index is -0.373. The molecule has 1 heterocycles. The summed E-state index contributed by atoms with van der Waals surface area (Å²) >= 11 is 0.